The lowest BCUT2D eigenvalue weighted by Gasteiger charge is -2.28. The van der Waals surface area contributed by atoms with Crippen LogP contribution < -0.4 is 4.90 Å². The minimum Gasteiger partial charge on any atom is -0.381 e. The zero-order chi connectivity index (χ0) is 20.8. The van der Waals surface area contributed by atoms with E-state index >= 15 is 0 Å². The van der Waals surface area contributed by atoms with Crippen LogP contribution in [0.3, 0.4) is 0 Å². The van der Waals surface area contributed by atoms with E-state index in [0.29, 0.717) is 11.7 Å². The number of hydrogen-bond acceptors (Lipinski definition) is 6. The van der Waals surface area contributed by atoms with E-state index in [1.807, 2.05) is 12.1 Å². The summed E-state index contributed by atoms with van der Waals surface area (Å²) >= 11 is 0. The second kappa shape index (κ2) is 7.31. The highest BCUT2D eigenvalue weighted by Gasteiger charge is 2.26. The Morgan fingerprint density at radius 1 is 1.00 bits per heavy atom. The molecule has 8 nitrogen and oxygen atoms in total. The summed E-state index contributed by atoms with van der Waals surface area (Å²) < 4.78 is 7.65. The average molecular weight is 413 g/mol. The summed E-state index contributed by atoms with van der Waals surface area (Å²) in [5.74, 6) is 2.21. The minimum atomic E-state index is 0.471. The molecule has 8 heteroatoms. The number of anilines is 1. The van der Waals surface area contributed by atoms with Gasteiger partial charge in [0.2, 0.25) is 5.82 Å². The second-order valence-electron chi connectivity index (χ2n) is 8.24. The summed E-state index contributed by atoms with van der Waals surface area (Å²) in [6.07, 6.45) is 2.08. The van der Waals surface area contributed by atoms with Crippen LogP contribution in [0.2, 0.25) is 0 Å². The first-order valence-corrected chi connectivity index (χ1v) is 10.6. The van der Waals surface area contributed by atoms with Crippen LogP contribution in [0.25, 0.3) is 28.2 Å². The summed E-state index contributed by atoms with van der Waals surface area (Å²) in [5, 5.41) is 19.4. The Hall–Kier alpha value is -3.52. The molecule has 1 fully saturated rings. The number of hydrogen-bond donors (Lipinski definition) is 1. The van der Waals surface area contributed by atoms with Crippen molar-refractivity contribution in [1.82, 2.24) is 30.4 Å². The Morgan fingerprint density at radius 3 is 2.68 bits per heavy atom. The lowest BCUT2D eigenvalue weighted by molar-refractivity contribution is 0.0844. The van der Waals surface area contributed by atoms with Gasteiger partial charge in [0.25, 0.3) is 0 Å². The highest BCUT2D eigenvalue weighted by Crippen LogP contribution is 2.36. The van der Waals surface area contributed by atoms with Crippen LogP contribution >= 0.6 is 0 Å². The van der Waals surface area contributed by atoms with E-state index < -0.39 is 0 Å². The Balaban J connectivity index is 1.41. The van der Waals surface area contributed by atoms with Crippen molar-refractivity contribution in [2.45, 2.75) is 25.3 Å². The van der Waals surface area contributed by atoms with Crippen molar-refractivity contribution in [3.8, 4) is 28.2 Å². The molecule has 2 aromatic carbocycles. The maximum absolute atomic E-state index is 5.54. The first-order chi connectivity index (χ1) is 15.3. The molecule has 0 saturated carbocycles. The van der Waals surface area contributed by atoms with Crippen LogP contribution in [-0.2, 0) is 11.3 Å². The molecule has 0 unspecified atom stereocenters. The van der Waals surface area contributed by atoms with Crippen LogP contribution in [0.1, 0.15) is 30.0 Å². The molecular formula is C23H23N7O. The van der Waals surface area contributed by atoms with Gasteiger partial charge in [0.05, 0.1) is 11.4 Å². The fraction of sp³-hybridized carbons (Fsp3) is 0.304. The fourth-order valence-electron chi connectivity index (χ4n) is 4.56. The molecule has 2 aromatic heterocycles. The van der Waals surface area contributed by atoms with Gasteiger partial charge >= 0.3 is 0 Å². The lowest BCUT2D eigenvalue weighted by Crippen LogP contribution is -2.25. The first kappa shape index (κ1) is 18.3. The molecule has 0 amide bonds. The molecule has 1 N–H and O–H groups in total. The van der Waals surface area contributed by atoms with Crippen LogP contribution in [0.4, 0.5) is 5.82 Å². The molecule has 0 aliphatic carbocycles. The number of nitrogens with zero attached hydrogens (tertiary/aromatic N) is 6. The van der Waals surface area contributed by atoms with E-state index in [0.717, 1.165) is 60.8 Å². The maximum atomic E-state index is 5.54. The predicted molar refractivity (Wildman–Crippen MR) is 117 cm³/mol. The molecule has 31 heavy (non-hydrogen) atoms. The van der Waals surface area contributed by atoms with Crippen molar-refractivity contribution in [3.63, 3.8) is 0 Å². The molecule has 0 bridgehead atoms. The van der Waals surface area contributed by atoms with E-state index in [1.165, 1.54) is 11.3 Å². The Bertz CT molecular complexity index is 1220. The van der Waals surface area contributed by atoms with Crippen molar-refractivity contribution < 1.29 is 4.74 Å². The number of tetrazole rings is 1. The largest absolute Gasteiger partial charge is 0.381 e. The highest BCUT2D eigenvalue weighted by molar-refractivity contribution is 5.73. The summed E-state index contributed by atoms with van der Waals surface area (Å²) in [6, 6.07) is 17.1. The number of aromatic nitrogens is 6. The van der Waals surface area contributed by atoms with Crippen molar-refractivity contribution >= 4 is 5.82 Å². The monoisotopic (exact) mass is 413 g/mol. The molecule has 4 heterocycles. The summed E-state index contributed by atoms with van der Waals surface area (Å²) in [6.45, 7) is 2.51. The highest BCUT2D eigenvalue weighted by atomic mass is 16.5. The number of rotatable bonds is 3. The number of fused-ring (bicyclic) bond motifs is 3. The third kappa shape index (κ3) is 3.19. The molecule has 2 aliphatic rings. The molecule has 0 spiro atoms. The number of ether oxygens (including phenoxy) is 1. The van der Waals surface area contributed by atoms with Crippen molar-refractivity contribution in [1.29, 1.82) is 0 Å². The SMILES string of the molecule is CN1Cc2ccc(-c3cccc(-c4nn[nH]n4)c3)cc2-n2nc(C3CCOCC3)cc21. The van der Waals surface area contributed by atoms with E-state index in [9.17, 15) is 0 Å². The topological polar surface area (TPSA) is 84.8 Å². The molecule has 6 rings (SSSR count). The van der Waals surface area contributed by atoms with Crippen molar-refractivity contribution in [2.24, 2.45) is 0 Å². The third-order valence-corrected chi connectivity index (χ3v) is 6.26. The number of nitrogens with one attached hydrogen (secondary N) is 1. The first-order valence-electron chi connectivity index (χ1n) is 10.6. The van der Waals surface area contributed by atoms with Gasteiger partial charge in [-0.05, 0) is 46.9 Å². The van der Waals surface area contributed by atoms with E-state index in [4.69, 9.17) is 9.84 Å². The smallest absolute Gasteiger partial charge is 0.204 e. The van der Waals surface area contributed by atoms with Gasteiger partial charge in [-0.2, -0.15) is 10.3 Å². The van der Waals surface area contributed by atoms with Gasteiger partial charge in [-0.15, -0.1) is 10.2 Å². The summed E-state index contributed by atoms with van der Waals surface area (Å²) in [4.78, 5) is 2.27. The van der Waals surface area contributed by atoms with Crippen LogP contribution in [-0.4, -0.2) is 50.7 Å². The van der Waals surface area contributed by atoms with Gasteiger partial charge in [0.15, 0.2) is 0 Å². The second-order valence-corrected chi connectivity index (χ2v) is 8.24. The summed E-state index contributed by atoms with van der Waals surface area (Å²) in [7, 11) is 2.13. The van der Waals surface area contributed by atoms with Gasteiger partial charge < -0.3 is 9.64 Å². The molecular weight excluding hydrogens is 390 g/mol. The van der Waals surface area contributed by atoms with Gasteiger partial charge in [-0.3, -0.25) is 0 Å². The standard InChI is InChI=1S/C23H23N7O/c1-29-14-19-6-5-17(16-3-2-4-18(11-16)23-24-27-28-25-23)12-21(19)30-22(29)13-20(26-30)15-7-9-31-10-8-15/h2-6,11-13,15H,7-10,14H2,1H3,(H,24,25,27,28). The summed E-state index contributed by atoms with van der Waals surface area (Å²) in [5.41, 5.74) is 6.78. The number of aromatic amines is 1. The molecule has 156 valence electrons. The van der Waals surface area contributed by atoms with Crippen LogP contribution in [0.5, 0.6) is 0 Å². The van der Waals surface area contributed by atoms with Crippen molar-refractivity contribution in [2.75, 3.05) is 25.2 Å². The Kier molecular flexibility index (Phi) is 4.31. The molecule has 2 aliphatic heterocycles. The van der Waals surface area contributed by atoms with E-state index in [-0.39, 0.29) is 0 Å². The zero-order valence-electron chi connectivity index (χ0n) is 17.3. The predicted octanol–water partition coefficient (Wildman–Crippen LogP) is 3.56. The van der Waals surface area contributed by atoms with Gasteiger partial charge in [0, 0.05) is 44.4 Å². The quantitative estimate of drug-likeness (QED) is 0.553. The Morgan fingerprint density at radius 2 is 1.84 bits per heavy atom. The normalized spacial score (nSPS) is 16.2. The lowest BCUT2D eigenvalue weighted by atomic mass is 9.97. The number of H-pyrrole nitrogens is 1. The van der Waals surface area contributed by atoms with Crippen LogP contribution in [0.15, 0.2) is 48.5 Å². The third-order valence-electron chi connectivity index (χ3n) is 6.26. The van der Waals surface area contributed by atoms with Gasteiger partial charge in [-0.25, -0.2) is 4.68 Å². The van der Waals surface area contributed by atoms with E-state index in [2.05, 4.69) is 73.7 Å². The minimum absolute atomic E-state index is 0.471. The zero-order valence-corrected chi connectivity index (χ0v) is 17.3. The van der Waals surface area contributed by atoms with Gasteiger partial charge in [0.1, 0.15) is 5.82 Å². The fourth-order valence-corrected chi connectivity index (χ4v) is 4.56. The molecule has 0 atom stereocenters. The number of benzene rings is 2. The maximum Gasteiger partial charge on any atom is 0.204 e. The molecule has 4 aromatic rings. The van der Waals surface area contributed by atoms with Crippen molar-refractivity contribution in [3.05, 3.63) is 59.8 Å². The molecule has 0 radical (unpaired) electrons. The average Bonchev–Trinajstić information content (AvgIpc) is 3.51. The van der Waals surface area contributed by atoms with Crippen LogP contribution in [0, 0.1) is 0 Å². The molecule has 1 saturated heterocycles. The van der Waals surface area contributed by atoms with E-state index in [1.54, 1.807) is 0 Å². The van der Waals surface area contributed by atoms with Gasteiger partial charge in [-0.1, -0.05) is 30.3 Å². The Labute approximate surface area is 179 Å².